The van der Waals surface area contributed by atoms with Crippen LogP contribution in [0.15, 0.2) is 30.3 Å². The van der Waals surface area contributed by atoms with Gasteiger partial charge in [-0.2, -0.15) is 0 Å². The minimum absolute atomic E-state index is 0.356. The number of benzene rings is 1. The van der Waals surface area contributed by atoms with Gasteiger partial charge in [-0.15, -0.1) is 0 Å². The van der Waals surface area contributed by atoms with Crippen molar-refractivity contribution in [3.05, 3.63) is 47.3 Å². The average Bonchev–Trinajstić information content (AvgIpc) is 2.83. The van der Waals surface area contributed by atoms with Crippen LogP contribution in [0.4, 0.5) is 5.69 Å². The van der Waals surface area contributed by atoms with E-state index in [4.69, 9.17) is 4.74 Å². The predicted molar refractivity (Wildman–Crippen MR) is 85.2 cm³/mol. The van der Waals surface area contributed by atoms with Gasteiger partial charge in [0.25, 0.3) is 0 Å². The highest BCUT2D eigenvalue weighted by Crippen LogP contribution is 2.25. The van der Waals surface area contributed by atoms with Gasteiger partial charge in [-0.25, -0.2) is 4.79 Å². The third kappa shape index (κ3) is 2.60. The highest BCUT2D eigenvalue weighted by atomic mass is 16.5. The molecule has 0 radical (unpaired) electrons. The number of ether oxygens (including phenoxy) is 1. The van der Waals surface area contributed by atoms with E-state index < -0.39 is 5.97 Å². The lowest BCUT2D eigenvalue weighted by molar-refractivity contribution is 0.0696. The fourth-order valence-corrected chi connectivity index (χ4v) is 3.03. The Morgan fingerprint density at radius 3 is 2.45 bits per heavy atom. The van der Waals surface area contributed by atoms with Crippen molar-refractivity contribution in [3.8, 4) is 5.69 Å². The molecule has 0 spiro atoms. The first kappa shape index (κ1) is 14.7. The normalized spacial score (nSPS) is 15.1. The van der Waals surface area contributed by atoms with Crippen LogP contribution < -0.4 is 4.90 Å². The first-order chi connectivity index (χ1) is 10.6. The van der Waals surface area contributed by atoms with E-state index in [0.717, 1.165) is 49.1 Å². The monoisotopic (exact) mass is 300 g/mol. The molecule has 0 amide bonds. The van der Waals surface area contributed by atoms with Gasteiger partial charge in [-0.3, -0.25) is 0 Å². The number of carboxylic acids is 1. The zero-order chi connectivity index (χ0) is 15.7. The van der Waals surface area contributed by atoms with Gasteiger partial charge in [-0.1, -0.05) is 6.07 Å². The summed E-state index contributed by atoms with van der Waals surface area (Å²) >= 11 is 0. The first-order valence-corrected chi connectivity index (χ1v) is 7.43. The van der Waals surface area contributed by atoms with Crippen molar-refractivity contribution >= 4 is 11.7 Å². The number of anilines is 1. The molecule has 1 N–H and O–H groups in total. The highest BCUT2D eigenvalue weighted by Gasteiger charge is 2.17. The number of nitrogens with zero attached hydrogens (tertiary/aromatic N) is 2. The van der Waals surface area contributed by atoms with Crippen LogP contribution in [-0.4, -0.2) is 41.9 Å². The summed E-state index contributed by atoms with van der Waals surface area (Å²) in [7, 11) is 0. The SMILES string of the molecule is Cc1cc(C(=O)O)c(C)n1-c1cccc(N2CCOCC2)c1. The number of rotatable bonds is 3. The molecule has 1 saturated heterocycles. The Morgan fingerprint density at radius 2 is 1.82 bits per heavy atom. The number of hydrogen-bond acceptors (Lipinski definition) is 3. The molecule has 0 saturated carbocycles. The summed E-state index contributed by atoms with van der Waals surface area (Å²) in [6.45, 7) is 7.03. The Morgan fingerprint density at radius 1 is 1.14 bits per heavy atom. The molecule has 1 aliphatic heterocycles. The summed E-state index contributed by atoms with van der Waals surface area (Å²) in [5.74, 6) is -0.885. The summed E-state index contributed by atoms with van der Waals surface area (Å²) in [5, 5.41) is 9.27. The molecule has 0 bridgehead atoms. The first-order valence-electron chi connectivity index (χ1n) is 7.43. The fraction of sp³-hybridized carbons (Fsp3) is 0.353. The number of carbonyl (C=O) groups is 1. The van der Waals surface area contributed by atoms with Crippen LogP contribution in [0.1, 0.15) is 21.7 Å². The van der Waals surface area contributed by atoms with Crippen LogP contribution in [0.2, 0.25) is 0 Å². The van der Waals surface area contributed by atoms with Gasteiger partial charge in [-0.05, 0) is 38.1 Å². The molecule has 0 atom stereocenters. The molecule has 116 valence electrons. The van der Waals surface area contributed by atoms with Crippen molar-refractivity contribution in [1.29, 1.82) is 0 Å². The average molecular weight is 300 g/mol. The number of aromatic nitrogens is 1. The maximum Gasteiger partial charge on any atom is 0.337 e. The zero-order valence-corrected chi connectivity index (χ0v) is 12.9. The second-order valence-corrected chi connectivity index (χ2v) is 5.54. The Hall–Kier alpha value is -2.27. The molecule has 1 aromatic carbocycles. The zero-order valence-electron chi connectivity index (χ0n) is 12.9. The minimum Gasteiger partial charge on any atom is -0.478 e. The van der Waals surface area contributed by atoms with E-state index in [2.05, 4.69) is 17.0 Å². The fourth-order valence-electron chi connectivity index (χ4n) is 3.03. The van der Waals surface area contributed by atoms with Crippen molar-refractivity contribution in [1.82, 2.24) is 4.57 Å². The smallest absolute Gasteiger partial charge is 0.337 e. The Balaban J connectivity index is 2.00. The lowest BCUT2D eigenvalue weighted by Crippen LogP contribution is -2.36. The topological polar surface area (TPSA) is 54.7 Å². The number of morpholine rings is 1. The van der Waals surface area contributed by atoms with Crippen LogP contribution in [-0.2, 0) is 4.74 Å². The van der Waals surface area contributed by atoms with Gasteiger partial charge in [0.15, 0.2) is 0 Å². The molecule has 1 fully saturated rings. The predicted octanol–water partition coefficient (Wildman–Crippen LogP) is 2.63. The van der Waals surface area contributed by atoms with E-state index >= 15 is 0 Å². The standard InChI is InChI=1S/C17H20N2O3/c1-12-10-16(17(20)21)13(2)19(12)15-5-3-4-14(11-15)18-6-8-22-9-7-18/h3-5,10-11H,6-9H2,1-2H3,(H,20,21). The maximum absolute atomic E-state index is 11.3. The molecular weight excluding hydrogens is 280 g/mol. The molecule has 22 heavy (non-hydrogen) atoms. The van der Waals surface area contributed by atoms with Gasteiger partial charge in [0, 0.05) is 35.9 Å². The van der Waals surface area contributed by atoms with Crippen LogP contribution in [0.5, 0.6) is 0 Å². The molecule has 1 aliphatic rings. The maximum atomic E-state index is 11.3. The molecule has 2 heterocycles. The molecule has 0 aliphatic carbocycles. The number of hydrogen-bond donors (Lipinski definition) is 1. The van der Waals surface area contributed by atoms with Crippen molar-refractivity contribution < 1.29 is 14.6 Å². The Bertz CT molecular complexity index is 700. The van der Waals surface area contributed by atoms with Crippen molar-refractivity contribution in [3.63, 3.8) is 0 Å². The molecular formula is C17H20N2O3. The lowest BCUT2D eigenvalue weighted by Gasteiger charge is -2.29. The largest absolute Gasteiger partial charge is 0.478 e. The van der Waals surface area contributed by atoms with Crippen LogP contribution in [0.25, 0.3) is 5.69 Å². The van der Waals surface area contributed by atoms with E-state index in [9.17, 15) is 9.90 Å². The van der Waals surface area contributed by atoms with E-state index in [1.165, 1.54) is 0 Å². The van der Waals surface area contributed by atoms with Crippen molar-refractivity contribution in [2.24, 2.45) is 0 Å². The molecule has 5 heteroatoms. The third-order valence-electron chi connectivity index (χ3n) is 4.13. The molecule has 5 nitrogen and oxygen atoms in total. The Kier molecular flexibility index (Phi) is 3.90. The Labute approximate surface area is 129 Å². The van der Waals surface area contributed by atoms with Crippen LogP contribution >= 0.6 is 0 Å². The highest BCUT2D eigenvalue weighted by molar-refractivity contribution is 5.89. The van der Waals surface area contributed by atoms with Crippen molar-refractivity contribution in [2.75, 3.05) is 31.2 Å². The van der Waals surface area contributed by atoms with Crippen molar-refractivity contribution in [2.45, 2.75) is 13.8 Å². The van der Waals surface area contributed by atoms with Gasteiger partial charge in [0.1, 0.15) is 0 Å². The molecule has 0 unspecified atom stereocenters. The number of carboxylic acid groups (broad SMARTS) is 1. The second-order valence-electron chi connectivity index (χ2n) is 5.54. The number of aryl methyl sites for hydroxylation is 1. The minimum atomic E-state index is -0.885. The molecule has 3 rings (SSSR count). The summed E-state index contributed by atoms with van der Waals surface area (Å²) in [5.41, 5.74) is 4.17. The summed E-state index contributed by atoms with van der Waals surface area (Å²) in [6, 6.07) is 9.94. The summed E-state index contributed by atoms with van der Waals surface area (Å²) < 4.78 is 7.39. The number of aromatic carboxylic acids is 1. The van der Waals surface area contributed by atoms with Crippen LogP contribution in [0, 0.1) is 13.8 Å². The summed E-state index contributed by atoms with van der Waals surface area (Å²) in [6.07, 6.45) is 0. The molecule has 2 aromatic rings. The van der Waals surface area contributed by atoms with Crippen LogP contribution in [0.3, 0.4) is 0 Å². The van der Waals surface area contributed by atoms with Gasteiger partial charge >= 0.3 is 5.97 Å². The van der Waals surface area contributed by atoms with Gasteiger partial charge in [0.05, 0.1) is 18.8 Å². The summed E-state index contributed by atoms with van der Waals surface area (Å²) in [4.78, 5) is 13.6. The second kappa shape index (κ2) is 5.85. The van der Waals surface area contributed by atoms with Gasteiger partial charge in [0.2, 0.25) is 0 Å². The van der Waals surface area contributed by atoms with E-state index in [0.29, 0.717) is 5.56 Å². The third-order valence-corrected chi connectivity index (χ3v) is 4.13. The van der Waals surface area contributed by atoms with Gasteiger partial charge < -0.3 is 19.3 Å². The quantitative estimate of drug-likeness (QED) is 0.947. The van der Waals surface area contributed by atoms with E-state index in [1.54, 1.807) is 6.07 Å². The lowest BCUT2D eigenvalue weighted by atomic mass is 10.2. The van der Waals surface area contributed by atoms with E-state index in [-0.39, 0.29) is 0 Å². The van der Waals surface area contributed by atoms with E-state index in [1.807, 2.05) is 30.5 Å². The molecule has 1 aromatic heterocycles.